The van der Waals surface area contributed by atoms with Gasteiger partial charge >= 0.3 is 0 Å². The van der Waals surface area contributed by atoms with E-state index in [1.807, 2.05) is 69.3 Å². The average Bonchev–Trinajstić information content (AvgIpc) is 3.03. The van der Waals surface area contributed by atoms with Gasteiger partial charge in [0.25, 0.3) is 10.0 Å². The Balaban J connectivity index is 1.82. The number of anilines is 1. The van der Waals surface area contributed by atoms with Crippen LogP contribution in [0.1, 0.15) is 27.8 Å². The number of sulfonamides is 1. The van der Waals surface area contributed by atoms with E-state index in [0.29, 0.717) is 11.4 Å². The predicted molar refractivity (Wildman–Crippen MR) is 173 cm³/mol. The summed E-state index contributed by atoms with van der Waals surface area (Å²) in [5.41, 5.74) is 4.54. The third-order valence-electron chi connectivity index (χ3n) is 7.74. The van der Waals surface area contributed by atoms with Crippen LogP contribution in [0, 0.1) is 20.8 Å². The second-order valence-corrected chi connectivity index (χ2v) is 12.6. The lowest BCUT2D eigenvalue weighted by Gasteiger charge is -2.34. The molecule has 0 heterocycles. The van der Waals surface area contributed by atoms with E-state index in [1.165, 1.54) is 11.9 Å². The summed E-state index contributed by atoms with van der Waals surface area (Å²) in [6.07, 6.45) is 0.240. The lowest BCUT2D eigenvalue weighted by molar-refractivity contribution is -0.139. The number of carbonyl (C=O) groups excluding carboxylic acids is 2. The van der Waals surface area contributed by atoms with Gasteiger partial charge in [-0.2, -0.15) is 0 Å². The molecule has 0 aliphatic heterocycles. The van der Waals surface area contributed by atoms with E-state index in [2.05, 4.69) is 5.32 Å². The number of aryl methyl sites for hydroxylation is 2. The van der Waals surface area contributed by atoms with Crippen molar-refractivity contribution in [3.63, 3.8) is 0 Å². The van der Waals surface area contributed by atoms with Crippen LogP contribution < -0.4 is 14.4 Å². The Kier molecular flexibility index (Phi) is 10.4. The second-order valence-electron chi connectivity index (χ2n) is 10.7. The Labute approximate surface area is 260 Å². The van der Waals surface area contributed by atoms with Gasteiger partial charge in [-0.3, -0.25) is 13.9 Å². The standard InChI is InChI=1S/C35H39N3O5S/c1-25-17-19-31(20-18-25)44(41,42)38(32-16-9-11-26(2)27(32)3)24-34(39)37(23-29-14-10-15-30(21-29)43-5)33(35(40)36-4)22-28-12-7-6-8-13-28/h6-21,33H,22-24H2,1-5H3,(H,36,40)/t33-/m0/s1. The average molecular weight is 614 g/mol. The van der Waals surface area contributed by atoms with Gasteiger partial charge in [0, 0.05) is 20.0 Å². The highest BCUT2D eigenvalue weighted by atomic mass is 32.2. The van der Waals surface area contributed by atoms with E-state index < -0.39 is 28.5 Å². The fourth-order valence-corrected chi connectivity index (χ4v) is 6.52. The molecule has 230 valence electrons. The summed E-state index contributed by atoms with van der Waals surface area (Å²) in [6.45, 7) is 5.17. The summed E-state index contributed by atoms with van der Waals surface area (Å²) in [4.78, 5) is 29.4. The van der Waals surface area contributed by atoms with Gasteiger partial charge in [0.2, 0.25) is 11.8 Å². The molecule has 4 aromatic carbocycles. The third kappa shape index (κ3) is 7.47. The second kappa shape index (κ2) is 14.2. The number of methoxy groups -OCH3 is 1. The molecule has 0 bridgehead atoms. The minimum atomic E-state index is -4.17. The zero-order chi connectivity index (χ0) is 31.9. The highest BCUT2D eigenvalue weighted by Crippen LogP contribution is 2.29. The Hall–Kier alpha value is -4.63. The molecule has 0 unspecified atom stereocenters. The lowest BCUT2D eigenvalue weighted by Crippen LogP contribution is -2.53. The first-order chi connectivity index (χ1) is 21.0. The summed E-state index contributed by atoms with van der Waals surface area (Å²) in [7, 11) is -1.08. The minimum Gasteiger partial charge on any atom is -0.497 e. The van der Waals surface area contributed by atoms with E-state index in [-0.39, 0.29) is 23.8 Å². The number of benzene rings is 4. The van der Waals surface area contributed by atoms with Gasteiger partial charge in [-0.15, -0.1) is 0 Å². The smallest absolute Gasteiger partial charge is 0.264 e. The molecule has 0 saturated carbocycles. The zero-order valence-electron chi connectivity index (χ0n) is 25.8. The molecular formula is C35H39N3O5S. The van der Waals surface area contributed by atoms with E-state index in [0.717, 1.165) is 32.1 Å². The Morgan fingerprint density at radius 3 is 2.16 bits per heavy atom. The van der Waals surface area contributed by atoms with E-state index in [4.69, 9.17) is 4.74 Å². The van der Waals surface area contributed by atoms with Crippen LogP contribution >= 0.6 is 0 Å². The summed E-state index contributed by atoms with van der Waals surface area (Å²) in [5.74, 6) is -0.271. The van der Waals surface area contributed by atoms with Crippen LogP contribution in [-0.4, -0.2) is 51.9 Å². The highest BCUT2D eigenvalue weighted by molar-refractivity contribution is 7.92. The van der Waals surface area contributed by atoms with Gasteiger partial charge in [0.05, 0.1) is 17.7 Å². The van der Waals surface area contributed by atoms with Crippen molar-refractivity contribution in [2.24, 2.45) is 0 Å². The molecule has 0 aliphatic rings. The minimum absolute atomic E-state index is 0.0617. The van der Waals surface area contributed by atoms with Gasteiger partial charge in [0.15, 0.2) is 0 Å². The maximum Gasteiger partial charge on any atom is 0.264 e. The van der Waals surface area contributed by atoms with Crippen molar-refractivity contribution in [3.05, 3.63) is 125 Å². The van der Waals surface area contributed by atoms with Crippen molar-refractivity contribution in [2.75, 3.05) is 25.0 Å². The number of hydrogen-bond donors (Lipinski definition) is 1. The summed E-state index contributed by atoms with van der Waals surface area (Å²) >= 11 is 0. The molecule has 1 N–H and O–H groups in total. The number of likely N-dealkylation sites (N-methyl/N-ethyl adjacent to an activating group) is 1. The number of nitrogens with zero attached hydrogens (tertiary/aromatic N) is 2. The van der Waals surface area contributed by atoms with E-state index in [9.17, 15) is 18.0 Å². The first-order valence-electron chi connectivity index (χ1n) is 14.4. The Morgan fingerprint density at radius 2 is 1.50 bits per heavy atom. The van der Waals surface area contributed by atoms with Gasteiger partial charge in [-0.25, -0.2) is 8.42 Å². The zero-order valence-corrected chi connectivity index (χ0v) is 26.6. The van der Waals surface area contributed by atoms with Crippen molar-refractivity contribution >= 4 is 27.5 Å². The molecule has 44 heavy (non-hydrogen) atoms. The Bertz CT molecular complexity index is 1710. The van der Waals surface area contributed by atoms with Crippen LogP contribution in [0.15, 0.2) is 102 Å². The largest absolute Gasteiger partial charge is 0.497 e. The molecule has 0 radical (unpaired) electrons. The molecule has 4 aromatic rings. The highest BCUT2D eigenvalue weighted by Gasteiger charge is 2.35. The van der Waals surface area contributed by atoms with E-state index >= 15 is 0 Å². The number of hydrogen-bond acceptors (Lipinski definition) is 5. The molecule has 9 heteroatoms. The van der Waals surface area contributed by atoms with Crippen LogP contribution in [0.3, 0.4) is 0 Å². The van der Waals surface area contributed by atoms with Crippen molar-refractivity contribution in [1.29, 1.82) is 0 Å². The first kappa shape index (κ1) is 32.3. The van der Waals surface area contributed by atoms with Crippen molar-refractivity contribution in [3.8, 4) is 5.75 Å². The molecule has 8 nitrogen and oxygen atoms in total. The first-order valence-corrected chi connectivity index (χ1v) is 15.8. The number of amides is 2. The van der Waals surface area contributed by atoms with Crippen molar-refractivity contribution in [2.45, 2.75) is 44.7 Å². The molecule has 1 atom stereocenters. The fourth-order valence-electron chi connectivity index (χ4n) is 5.04. The molecule has 0 aromatic heterocycles. The van der Waals surface area contributed by atoms with Crippen LogP contribution in [0.5, 0.6) is 5.75 Å². The molecule has 0 aliphatic carbocycles. The van der Waals surface area contributed by atoms with Crippen LogP contribution in [-0.2, 0) is 32.6 Å². The van der Waals surface area contributed by atoms with Crippen LogP contribution in [0.4, 0.5) is 5.69 Å². The van der Waals surface area contributed by atoms with Gasteiger partial charge < -0.3 is 15.0 Å². The molecule has 2 amide bonds. The third-order valence-corrected chi connectivity index (χ3v) is 9.51. The number of nitrogens with one attached hydrogen (secondary N) is 1. The number of rotatable bonds is 12. The van der Waals surface area contributed by atoms with Crippen molar-refractivity contribution < 1.29 is 22.7 Å². The maximum atomic E-state index is 14.5. The summed E-state index contributed by atoms with van der Waals surface area (Å²) in [6, 6.07) is 27.7. The van der Waals surface area contributed by atoms with Crippen LogP contribution in [0.25, 0.3) is 0 Å². The van der Waals surface area contributed by atoms with Gasteiger partial charge in [-0.05, 0) is 73.4 Å². The molecule has 4 rings (SSSR count). The predicted octanol–water partition coefficient (Wildman–Crippen LogP) is 5.20. The van der Waals surface area contributed by atoms with Gasteiger partial charge in [0.1, 0.15) is 18.3 Å². The lowest BCUT2D eigenvalue weighted by atomic mass is 10.0. The van der Waals surface area contributed by atoms with Crippen molar-refractivity contribution in [1.82, 2.24) is 10.2 Å². The van der Waals surface area contributed by atoms with Gasteiger partial charge in [-0.1, -0.05) is 72.3 Å². The molecular weight excluding hydrogens is 574 g/mol. The normalized spacial score (nSPS) is 11.8. The van der Waals surface area contributed by atoms with E-state index in [1.54, 1.807) is 55.6 Å². The molecule has 0 fully saturated rings. The quantitative estimate of drug-likeness (QED) is 0.237. The monoisotopic (exact) mass is 613 g/mol. The maximum absolute atomic E-state index is 14.5. The topological polar surface area (TPSA) is 96.0 Å². The van der Waals surface area contributed by atoms with Crippen LogP contribution in [0.2, 0.25) is 0 Å². The SMILES string of the molecule is CNC(=O)[C@H](Cc1ccccc1)N(Cc1cccc(OC)c1)C(=O)CN(c1cccc(C)c1C)S(=O)(=O)c1ccc(C)cc1. The fraction of sp³-hybridized carbons (Fsp3) is 0.257. The molecule has 0 spiro atoms. The summed E-state index contributed by atoms with van der Waals surface area (Å²) in [5, 5.41) is 2.70. The number of ether oxygens (including phenoxy) is 1. The number of carbonyl (C=O) groups is 2. The Morgan fingerprint density at radius 1 is 0.841 bits per heavy atom. The summed E-state index contributed by atoms with van der Waals surface area (Å²) < 4.78 is 35.0. The molecule has 0 saturated heterocycles.